The zero-order chi connectivity index (χ0) is 52.8. The van der Waals surface area contributed by atoms with Crippen LogP contribution in [0.2, 0.25) is 0 Å². The summed E-state index contributed by atoms with van der Waals surface area (Å²) in [5.41, 5.74) is 5.45. The fourth-order valence-corrected chi connectivity index (χ4v) is 8.13. The first-order chi connectivity index (χ1) is 32.5. The predicted molar refractivity (Wildman–Crippen MR) is 359 cm³/mol. The molecule has 2 aromatic carbocycles. The Hall–Kier alpha value is 1.22. The number of carbonyl (C=O) groups is 4. The van der Waals surface area contributed by atoms with Crippen molar-refractivity contribution < 1.29 is 38.1 Å². The van der Waals surface area contributed by atoms with E-state index in [9.17, 15) is 19.2 Å². The standard InChI is InChI=1S/C18H30O8S3.C9H12S3.C9H12S.C6H14S3.C3H8S3.CH4S.3CH4/c1-2-3-14(19)23-10-18(11-24-15(20)4-7-27,12-25-16(21)5-8-28)13-26-17(22)6-9-29;10-4-7-1-8(5-11)3-9(2-7)6-12;1-2-8-3-5-9(7-10)6-4-8;1-2-6(3-7,4-8)5-9;4-1-3(6)2-5;1-2;;;/h27-29H,2-13H2,1H3;1-3,10-12H,4-6H2;3-6,10H,2,7H2,1H3;7-9H,2-5H2,1H3;3-6H,1-2H2;2H,1H3;3*1H4. The van der Waals surface area contributed by atoms with Gasteiger partial charge < -0.3 is 18.9 Å². The molecule has 0 saturated heterocycles. The summed E-state index contributed by atoms with van der Waals surface area (Å²) in [5.74, 6) is 6.33. The van der Waals surface area contributed by atoms with Crippen molar-refractivity contribution in [2.24, 2.45) is 10.8 Å². The van der Waals surface area contributed by atoms with E-state index >= 15 is 0 Å². The zero-order valence-electron chi connectivity index (χ0n) is 39.9. The molecule has 22 heteroatoms. The highest BCUT2D eigenvalue weighted by atomic mass is 32.1. The largest absolute Gasteiger partial charge is 0.465 e. The fourth-order valence-electron chi connectivity index (χ4n) is 4.49. The van der Waals surface area contributed by atoms with Gasteiger partial charge in [-0.05, 0) is 76.0 Å². The minimum atomic E-state index is -1.23. The van der Waals surface area contributed by atoms with E-state index in [1.807, 2.05) is 6.92 Å². The molecule has 0 unspecified atom stereocenters. The van der Waals surface area contributed by atoms with Crippen molar-refractivity contribution in [3.05, 3.63) is 70.3 Å². The molecule has 0 aliphatic rings. The third-order valence-electron chi connectivity index (χ3n) is 9.01. The maximum Gasteiger partial charge on any atom is 0.306 e. The average Bonchev–Trinajstić information content (AvgIpc) is 3.38. The summed E-state index contributed by atoms with van der Waals surface area (Å²) >= 11 is 57.1. The molecule has 71 heavy (non-hydrogen) atoms. The average molecular weight is 1260 g/mol. The minimum Gasteiger partial charge on any atom is -0.465 e. The van der Waals surface area contributed by atoms with Gasteiger partial charge in [0, 0.05) is 63.4 Å². The van der Waals surface area contributed by atoms with Gasteiger partial charge in [0.2, 0.25) is 0 Å². The van der Waals surface area contributed by atoms with E-state index in [0.717, 1.165) is 64.6 Å². The molecule has 0 radical (unpaired) electrons. The Kier molecular flexibility index (Phi) is 71.4. The van der Waals surface area contributed by atoms with Gasteiger partial charge in [-0.2, -0.15) is 177 Å². The van der Waals surface area contributed by atoms with Gasteiger partial charge in [0.15, 0.2) is 0 Å². The molecule has 0 aliphatic carbocycles. The molecule has 2 rings (SSSR count). The first kappa shape index (κ1) is 86.1. The number of carbonyl (C=O) groups excluding carboxylic acids is 4. The van der Waals surface area contributed by atoms with Crippen LogP contribution in [-0.2, 0) is 67.6 Å². The Bertz CT molecular complexity index is 1350. The van der Waals surface area contributed by atoms with Crippen LogP contribution in [0.4, 0.5) is 0 Å². The topological polar surface area (TPSA) is 105 Å². The molecular formula is C49H92O8S14. The van der Waals surface area contributed by atoms with Crippen LogP contribution >= 0.6 is 177 Å². The van der Waals surface area contributed by atoms with Crippen molar-refractivity contribution in [1.82, 2.24) is 0 Å². The van der Waals surface area contributed by atoms with E-state index < -0.39 is 29.3 Å². The van der Waals surface area contributed by atoms with Gasteiger partial charge >= 0.3 is 23.9 Å². The quantitative estimate of drug-likeness (QED) is 0.0244. The summed E-state index contributed by atoms with van der Waals surface area (Å²) < 4.78 is 21.0. The second kappa shape index (κ2) is 58.9. The lowest BCUT2D eigenvalue weighted by Gasteiger charge is -2.31. The van der Waals surface area contributed by atoms with Crippen LogP contribution in [0.25, 0.3) is 0 Å². The van der Waals surface area contributed by atoms with Gasteiger partial charge in [0.25, 0.3) is 0 Å². The van der Waals surface area contributed by atoms with Gasteiger partial charge in [-0.1, -0.05) is 85.5 Å². The highest BCUT2D eigenvalue weighted by molar-refractivity contribution is 7.87. The maximum atomic E-state index is 11.8. The van der Waals surface area contributed by atoms with E-state index in [4.69, 9.17) is 18.9 Å². The van der Waals surface area contributed by atoms with Crippen LogP contribution in [-0.4, -0.2) is 108 Å². The minimum absolute atomic E-state index is 0. The van der Waals surface area contributed by atoms with Gasteiger partial charge in [0.1, 0.15) is 31.8 Å². The van der Waals surface area contributed by atoms with Crippen molar-refractivity contribution in [2.75, 3.05) is 78.7 Å². The molecule has 0 fully saturated rings. The van der Waals surface area contributed by atoms with E-state index in [1.165, 1.54) is 27.8 Å². The molecule has 0 heterocycles. The van der Waals surface area contributed by atoms with Crippen LogP contribution in [0, 0.1) is 10.8 Å². The van der Waals surface area contributed by atoms with Gasteiger partial charge in [0.05, 0.1) is 19.3 Å². The molecule has 8 nitrogen and oxygen atoms in total. The van der Waals surface area contributed by atoms with Crippen molar-refractivity contribution in [3.63, 3.8) is 0 Å². The van der Waals surface area contributed by atoms with E-state index in [0.29, 0.717) is 28.9 Å². The molecule has 0 amide bonds. The summed E-state index contributed by atoms with van der Waals surface area (Å²) in [6, 6.07) is 15.0. The molecular weight excluding hydrogens is 1170 g/mol. The van der Waals surface area contributed by atoms with Crippen LogP contribution in [0.3, 0.4) is 0 Å². The smallest absolute Gasteiger partial charge is 0.306 e. The molecule has 0 aliphatic heterocycles. The van der Waals surface area contributed by atoms with Crippen molar-refractivity contribution in [3.8, 4) is 0 Å². The summed E-state index contributed by atoms with van der Waals surface area (Å²) in [6.45, 7) is 5.11. The summed E-state index contributed by atoms with van der Waals surface area (Å²) in [7, 11) is 0. The zero-order valence-corrected chi connectivity index (χ0v) is 52.4. The highest BCUT2D eigenvalue weighted by Gasteiger charge is 2.38. The molecule has 0 atom stereocenters. The Labute approximate surface area is 509 Å². The Morgan fingerprint density at radius 1 is 0.451 bits per heavy atom. The number of aryl methyl sites for hydroxylation is 1. The number of thiol groups is 14. The summed E-state index contributed by atoms with van der Waals surface area (Å²) in [4.78, 5) is 47.2. The normalized spacial score (nSPS) is 10.0. The fraction of sp³-hybridized carbons (Fsp3) is 0.673. The predicted octanol–water partition coefficient (Wildman–Crippen LogP) is 13.3. The summed E-state index contributed by atoms with van der Waals surface area (Å²) in [5, 5.41) is 0.358. The van der Waals surface area contributed by atoms with Gasteiger partial charge in [-0.3, -0.25) is 19.2 Å². The number of ether oxygens (including phenoxy) is 4. The van der Waals surface area contributed by atoms with Crippen LogP contribution in [0.5, 0.6) is 0 Å². The second-order valence-corrected chi connectivity index (χ2v) is 19.6. The Morgan fingerprint density at radius 2 is 0.732 bits per heavy atom. The molecule has 0 saturated carbocycles. The van der Waals surface area contributed by atoms with Crippen LogP contribution in [0.1, 0.15) is 109 Å². The van der Waals surface area contributed by atoms with Crippen molar-refractivity contribution >= 4 is 201 Å². The van der Waals surface area contributed by atoms with Gasteiger partial charge in [-0.15, -0.1) is 0 Å². The lowest BCUT2D eigenvalue weighted by Crippen LogP contribution is -2.44. The van der Waals surface area contributed by atoms with Crippen molar-refractivity contribution in [2.45, 2.75) is 116 Å². The number of rotatable bonds is 27. The number of hydrogen-bond donors (Lipinski definition) is 14. The molecule has 0 bridgehead atoms. The molecule has 0 spiro atoms. The highest BCUT2D eigenvalue weighted by Crippen LogP contribution is 2.26. The monoisotopic (exact) mass is 1260 g/mol. The third kappa shape index (κ3) is 47.0. The molecule has 0 N–H and O–H groups in total. The van der Waals surface area contributed by atoms with E-state index in [1.54, 1.807) is 6.26 Å². The SMILES string of the molecule is C.C.C.CCC(CS)(CS)CS.CCCC(=O)OCC(COC(=O)CCS)(COC(=O)CCS)COC(=O)CCS.CCc1ccc(CS)cc1.CS.SCC(S)CS.SCc1cc(CS)cc(CS)c1. The van der Waals surface area contributed by atoms with Crippen LogP contribution < -0.4 is 0 Å². The lowest BCUT2D eigenvalue weighted by molar-refractivity contribution is -0.170. The number of benzene rings is 2. The van der Waals surface area contributed by atoms with Crippen molar-refractivity contribution in [1.29, 1.82) is 0 Å². The maximum absolute atomic E-state index is 11.8. The third-order valence-corrected chi connectivity index (χ3v) is 15.0. The molecule has 0 aromatic heterocycles. The van der Waals surface area contributed by atoms with Crippen LogP contribution in [0.15, 0.2) is 42.5 Å². The lowest BCUT2D eigenvalue weighted by atomic mass is 9.92. The number of hydrogen-bond acceptors (Lipinski definition) is 22. The molecule has 2 aromatic rings. The van der Waals surface area contributed by atoms with Gasteiger partial charge in [-0.25, -0.2) is 0 Å². The Balaban J connectivity index is -0.000000161. The Morgan fingerprint density at radius 3 is 0.915 bits per heavy atom. The molecule has 420 valence electrons. The van der Waals surface area contributed by atoms with E-state index in [2.05, 4.69) is 233 Å². The number of esters is 4. The van der Waals surface area contributed by atoms with E-state index in [-0.39, 0.29) is 79.8 Å². The summed E-state index contributed by atoms with van der Waals surface area (Å²) in [6.07, 6.45) is 4.95. The second-order valence-electron chi connectivity index (χ2n) is 14.6. The first-order valence-corrected chi connectivity index (χ1v) is 30.8. The first-order valence-electron chi connectivity index (χ1n) is 21.8.